The van der Waals surface area contributed by atoms with Gasteiger partial charge in [0.25, 0.3) is 5.91 Å². The summed E-state index contributed by atoms with van der Waals surface area (Å²) in [5.74, 6) is -1.22. The number of piperazine rings is 1. The zero-order chi connectivity index (χ0) is 20.0. The van der Waals surface area contributed by atoms with Crippen molar-refractivity contribution in [2.24, 2.45) is 0 Å². The fourth-order valence-electron chi connectivity index (χ4n) is 2.52. The maximum absolute atomic E-state index is 12.3. The Hall–Kier alpha value is -2.19. The van der Waals surface area contributed by atoms with E-state index in [1.54, 1.807) is 36.1 Å². The van der Waals surface area contributed by atoms with E-state index in [0.717, 1.165) is 0 Å². The molecule has 0 radical (unpaired) electrons. The second-order valence-corrected chi connectivity index (χ2v) is 7.00. The summed E-state index contributed by atoms with van der Waals surface area (Å²) >= 11 is 11.1. The number of esters is 1. The Bertz CT molecular complexity index is 726. The van der Waals surface area contributed by atoms with Crippen molar-refractivity contribution in [3.8, 4) is 0 Å². The van der Waals surface area contributed by atoms with Gasteiger partial charge in [-0.15, -0.1) is 0 Å². The van der Waals surface area contributed by atoms with Gasteiger partial charge in [0, 0.05) is 23.7 Å². The number of amides is 2. The Morgan fingerprint density at radius 1 is 1.41 bits per heavy atom. The first-order valence-electron chi connectivity index (χ1n) is 8.66. The average Bonchev–Trinajstić information content (AvgIpc) is 2.63. The first kappa shape index (κ1) is 21.1. The molecule has 0 spiro atoms. The molecule has 0 aliphatic carbocycles. The van der Waals surface area contributed by atoms with Crippen LogP contribution >= 0.6 is 23.8 Å². The van der Waals surface area contributed by atoms with Crippen molar-refractivity contribution < 1.29 is 19.1 Å². The number of halogens is 1. The summed E-state index contributed by atoms with van der Waals surface area (Å²) < 4.78 is 5.25. The summed E-state index contributed by atoms with van der Waals surface area (Å²) in [7, 11) is 0. The van der Waals surface area contributed by atoms with Crippen molar-refractivity contribution in [3.05, 3.63) is 34.9 Å². The van der Waals surface area contributed by atoms with E-state index in [-0.39, 0.29) is 23.5 Å². The molecule has 1 aromatic rings. The topological polar surface area (TPSA) is 87.7 Å². The van der Waals surface area contributed by atoms with Gasteiger partial charge >= 0.3 is 5.97 Å². The van der Waals surface area contributed by atoms with Crippen LogP contribution in [0.25, 0.3) is 0 Å². The van der Waals surface area contributed by atoms with Crippen molar-refractivity contribution in [2.45, 2.75) is 38.8 Å². The minimum absolute atomic E-state index is 0.0890. The molecule has 2 amide bonds. The predicted molar refractivity (Wildman–Crippen MR) is 105 cm³/mol. The highest BCUT2D eigenvalue weighted by atomic mass is 35.5. The quantitative estimate of drug-likeness (QED) is 0.568. The minimum Gasteiger partial charge on any atom is -0.463 e. The van der Waals surface area contributed by atoms with Gasteiger partial charge in [-0.3, -0.25) is 19.7 Å². The standard InChI is InChI=1S/C18H22ClN3O4S/c1-3-11(2)26-15(23)10-14-17(25)20-8-9-22(14)18(27)21-16(24)12-4-6-13(19)7-5-12/h4-7,11,14H,3,8-10H2,1-2H3,(H,20,25)(H,21,24,27). The molecule has 2 rings (SSSR count). The molecule has 2 unspecified atom stereocenters. The predicted octanol–water partition coefficient (Wildman–Crippen LogP) is 1.89. The third-order valence-electron chi connectivity index (χ3n) is 4.19. The van der Waals surface area contributed by atoms with Gasteiger partial charge in [0.1, 0.15) is 6.04 Å². The molecule has 1 aliphatic heterocycles. The number of thiocarbonyl (C=S) groups is 1. The molecule has 0 saturated carbocycles. The third-order valence-corrected chi connectivity index (χ3v) is 4.77. The molecule has 0 bridgehead atoms. The number of hydrogen-bond acceptors (Lipinski definition) is 5. The van der Waals surface area contributed by atoms with E-state index in [1.165, 1.54) is 0 Å². The van der Waals surface area contributed by atoms with Gasteiger partial charge in [0.15, 0.2) is 5.11 Å². The second kappa shape index (κ2) is 9.66. The van der Waals surface area contributed by atoms with Crippen molar-refractivity contribution in [3.63, 3.8) is 0 Å². The third kappa shape index (κ3) is 5.90. The van der Waals surface area contributed by atoms with E-state index in [1.807, 2.05) is 6.92 Å². The number of hydrogen-bond donors (Lipinski definition) is 2. The van der Waals surface area contributed by atoms with Gasteiger partial charge in [-0.25, -0.2) is 0 Å². The molecule has 27 heavy (non-hydrogen) atoms. The molecule has 7 nitrogen and oxygen atoms in total. The Balaban J connectivity index is 2.04. The van der Waals surface area contributed by atoms with E-state index in [0.29, 0.717) is 30.1 Å². The van der Waals surface area contributed by atoms with Gasteiger partial charge in [-0.05, 0) is 49.8 Å². The fraction of sp³-hybridized carbons (Fsp3) is 0.444. The summed E-state index contributed by atoms with van der Waals surface area (Å²) in [6.45, 7) is 4.44. The number of nitrogens with one attached hydrogen (secondary N) is 2. The van der Waals surface area contributed by atoms with Crippen LogP contribution in [0.1, 0.15) is 37.0 Å². The summed E-state index contributed by atoms with van der Waals surface area (Å²) in [5.41, 5.74) is 0.385. The number of carbonyl (C=O) groups is 3. The minimum atomic E-state index is -0.826. The van der Waals surface area contributed by atoms with Gasteiger partial charge < -0.3 is 15.0 Å². The van der Waals surface area contributed by atoms with E-state index < -0.39 is 17.9 Å². The molecule has 2 atom stereocenters. The van der Waals surface area contributed by atoms with Gasteiger partial charge in [0.05, 0.1) is 12.5 Å². The highest BCUT2D eigenvalue weighted by molar-refractivity contribution is 7.80. The molecular formula is C18H22ClN3O4S. The van der Waals surface area contributed by atoms with Gasteiger partial charge in [-0.1, -0.05) is 18.5 Å². The van der Waals surface area contributed by atoms with Crippen LogP contribution in [0.4, 0.5) is 0 Å². The van der Waals surface area contributed by atoms with Crippen LogP contribution < -0.4 is 10.6 Å². The number of ether oxygens (including phenoxy) is 1. The lowest BCUT2D eigenvalue weighted by Crippen LogP contribution is -2.60. The molecule has 0 aromatic heterocycles. The number of carbonyl (C=O) groups excluding carboxylic acids is 3. The normalized spacial score (nSPS) is 17.7. The Labute approximate surface area is 168 Å². The van der Waals surface area contributed by atoms with Crippen LogP contribution in [-0.4, -0.2) is 53.0 Å². The maximum Gasteiger partial charge on any atom is 0.308 e. The van der Waals surface area contributed by atoms with Crippen molar-refractivity contribution >= 4 is 46.7 Å². The van der Waals surface area contributed by atoms with Crippen molar-refractivity contribution in [2.75, 3.05) is 13.1 Å². The SMILES string of the molecule is CCC(C)OC(=O)CC1C(=O)NCCN1C(=S)NC(=O)c1ccc(Cl)cc1. The summed E-state index contributed by atoms with van der Waals surface area (Å²) in [6.07, 6.45) is 0.309. The summed E-state index contributed by atoms with van der Waals surface area (Å²) in [5, 5.41) is 5.91. The monoisotopic (exact) mass is 411 g/mol. The Kier molecular flexibility index (Phi) is 7.55. The first-order valence-corrected chi connectivity index (χ1v) is 9.45. The Morgan fingerprint density at radius 3 is 2.70 bits per heavy atom. The van der Waals surface area contributed by atoms with E-state index in [9.17, 15) is 14.4 Å². The summed E-state index contributed by atoms with van der Waals surface area (Å²) in [6, 6.07) is 5.52. The zero-order valence-corrected chi connectivity index (χ0v) is 16.7. The lowest BCUT2D eigenvalue weighted by atomic mass is 10.1. The molecule has 1 heterocycles. The van der Waals surface area contributed by atoms with Gasteiger partial charge in [0.2, 0.25) is 5.91 Å². The average molecular weight is 412 g/mol. The number of rotatable bonds is 5. The van der Waals surface area contributed by atoms with Crippen LogP contribution in [0.3, 0.4) is 0 Å². The van der Waals surface area contributed by atoms with Crippen LogP contribution in [0, 0.1) is 0 Å². The van der Waals surface area contributed by atoms with Crippen molar-refractivity contribution in [1.82, 2.24) is 15.5 Å². The highest BCUT2D eigenvalue weighted by Gasteiger charge is 2.34. The molecule has 9 heteroatoms. The van der Waals surface area contributed by atoms with E-state index >= 15 is 0 Å². The van der Waals surface area contributed by atoms with Crippen molar-refractivity contribution in [1.29, 1.82) is 0 Å². The molecule has 1 fully saturated rings. The number of benzene rings is 1. The van der Waals surface area contributed by atoms with Crippen LogP contribution in [-0.2, 0) is 14.3 Å². The summed E-state index contributed by atoms with van der Waals surface area (Å²) in [4.78, 5) is 38.2. The second-order valence-electron chi connectivity index (χ2n) is 6.18. The van der Waals surface area contributed by atoms with Crippen LogP contribution in [0.5, 0.6) is 0 Å². The highest BCUT2D eigenvalue weighted by Crippen LogP contribution is 2.13. The van der Waals surface area contributed by atoms with Crippen LogP contribution in [0.15, 0.2) is 24.3 Å². The molecule has 1 aliphatic rings. The molecule has 2 N–H and O–H groups in total. The first-order chi connectivity index (χ1) is 12.8. The molecule has 1 saturated heterocycles. The van der Waals surface area contributed by atoms with E-state index in [4.69, 9.17) is 28.6 Å². The lowest BCUT2D eigenvalue weighted by molar-refractivity contribution is -0.151. The maximum atomic E-state index is 12.3. The molecule has 146 valence electrons. The Morgan fingerprint density at radius 2 is 2.07 bits per heavy atom. The fourth-order valence-corrected chi connectivity index (χ4v) is 2.95. The number of nitrogens with zero attached hydrogens (tertiary/aromatic N) is 1. The molecule has 1 aromatic carbocycles. The molecular weight excluding hydrogens is 390 g/mol. The van der Waals surface area contributed by atoms with E-state index in [2.05, 4.69) is 10.6 Å². The smallest absolute Gasteiger partial charge is 0.308 e. The van der Waals surface area contributed by atoms with Crippen LogP contribution in [0.2, 0.25) is 5.02 Å². The zero-order valence-electron chi connectivity index (χ0n) is 15.2. The largest absolute Gasteiger partial charge is 0.463 e. The van der Waals surface area contributed by atoms with Gasteiger partial charge in [-0.2, -0.15) is 0 Å². The lowest BCUT2D eigenvalue weighted by Gasteiger charge is -2.36.